The van der Waals surface area contributed by atoms with Crippen LogP contribution < -0.4 is 0 Å². The molecule has 4 nitrogen and oxygen atoms in total. The Kier molecular flexibility index (Phi) is 3.41. The summed E-state index contributed by atoms with van der Waals surface area (Å²) in [4.78, 5) is 0. The van der Waals surface area contributed by atoms with Crippen LogP contribution in [0.5, 0.6) is 0 Å². The number of rotatable bonds is 4. The highest BCUT2D eigenvalue weighted by atomic mass is 16.3. The predicted octanol–water partition coefficient (Wildman–Crippen LogP) is 2.42. The fourth-order valence-electron chi connectivity index (χ4n) is 1.95. The second kappa shape index (κ2) is 4.62. The monoisotopic (exact) mass is 262 g/mol. The van der Waals surface area contributed by atoms with Gasteiger partial charge in [-0.2, -0.15) is 5.10 Å². The van der Waals surface area contributed by atoms with E-state index < -0.39 is 11.2 Å². The molecule has 0 unspecified atom stereocenters. The van der Waals surface area contributed by atoms with Crippen LogP contribution in [0.3, 0.4) is 0 Å². The molecule has 0 aliphatic carbocycles. The number of benzene rings is 1. The van der Waals surface area contributed by atoms with Crippen LogP contribution in [0.1, 0.15) is 39.7 Å². The summed E-state index contributed by atoms with van der Waals surface area (Å²) in [5.74, 6) is 0. The van der Waals surface area contributed by atoms with E-state index in [0.29, 0.717) is 13.0 Å². The summed E-state index contributed by atoms with van der Waals surface area (Å²) in [6.45, 7) is 7.79. The van der Waals surface area contributed by atoms with Gasteiger partial charge in [0.25, 0.3) is 0 Å². The van der Waals surface area contributed by atoms with Gasteiger partial charge in [-0.05, 0) is 45.7 Å². The molecule has 1 heterocycles. The highest BCUT2D eigenvalue weighted by molar-refractivity contribution is 5.78. The van der Waals surface area contributed by atoms with Crippen molar-refractivity contribution in [3.63, 3.8) is 0 Å². The molecule has 4 heteroatoms. The minimum atomic E-state index is -0.856. The molecule has 1 aromatic heterocycles. The highest BCUT2D eigenvalue weighted by Crippen LogP contribution is 2.23. The van der Waals surface area contributed by atoms with Crippen LogP contribution in [-0.2, 0) is 12.1 Å². The smallest absolute Gasteiger partial charge is 0.0927 e. The van der Waals surface area contributed by atoms with E-state index >= 15 is 0 Å². The van der Waals surface area contributed by atoms with Crippen molar-refractivity contribution in [2.24, 2.45) is 0 Å². The van der Waals surface area contributed by atoms with Crippen LogP contribution in [0.15, 0.2) is 24.4 Å². The van der Waals surface area contributed by atoms with Gasteiger partial charge in [0.2, 0.25) is 0 Å². The first-order valence-corrected chi connectivity index (χ1v) is 6.58. The van der Waals surface area contributed by atoms with Gasteiger partial charge in [0.05, 0.1) is 16.7 Å². The number of aryl methyl sites for hydroxylation is 1. The van der Waals surface area contributed by atoms with Crippen LogP contribution in [0.2, 0.25) is 0 Å². The summed E-state index contributed by atoms with van der Waals surface area (Å²) in [6, 6.07) is 5.80. The van der Waals surface area contributed by atoms with E-state index in [1.807, 2.05) is 29.1 Å². The fourth-order valence-corrected chi connectivity index (χ4v) is 1.95. The minimum Gasteiger partial charge on any atom is -0.390 e. The summed E-state index contributed by atoms with van der Waals surface area (Å²) in [7, 11) is 0. The largest absolute Gasteiger partial charge is 0.390 e. The SMILES string of the molecule is CC(C)(O)CCn1cc2ccc(C(C)(C)O)cc2n1. The highest BCUT2D eigenvalue weighted by Gasteiger charge is 2.17. The third kappa shape index (κ3) is 3.55. The van der Waals surface area contributed by atoms with Gasteiger partial charge < -0.3 is 10.2 Å². The van der Waals surface area contributed by atoms with Crippen molar-refractivity contribution in [1.82, 2.24) is 9.78 Å². The Hall–Kier alpha value is -1.39. The molecule has 2 N–H and O–H groups in total. The Labute approximate surface area is 113 Å². The van der Waals surface area contributed by atoms with Gasteiger partial charge in [-0.1, -0.05) is 12.1 Å². The predicted molar refractivity (Wildman–Crippen MR) is 75.9 cm³/mol. The lowest BCUT2D eigenvalue weighted by Gasteiger charge is -2.17. The topological polar surface area (TPSA) is 58.3 Å². The molecule has 0 atom stereocenters. The zero-order valence-electron chi connectivity index (χ0n) is 12.0. The van der Waals surface area contributed by atoms with Crippen molar-refractivity contribution in [3.8, 4) is 0 Å². The number of aliphatic hydroxyl groups is 2. The van der Waals surface area contributed by atoms with Gasteiger partial charge in [0.1, 0.15) is 0 Å². The van der Waals surface area contributed by atoms with E-state index in [0.717, 1.165) is 16.5 Å². The maximum absolute atomic E-state index is 10.00. The molecule has 0 radical (unpaired) electrons. The lowest BCUT2D eigenvalue weighted by Crippen LogP contribution is -2.21. The van der Waals surface area contributed by atoms with Crippen LogP contribution in [-0.4, -0.2) is 25.6 Å². The molecule has 2 rings (SSSR count). The minimum absolute atomic E-state index is 0.652. The maximum atomic E-state index is 10.00. The molecule has 0 aliphatic heterocycles. The first kappa shape index (κ1) is 14.0. The molecule has 0 bridgehead atoms. The van der Waals surface area contributed by atoms with Gasteiger partial charge in [0.15, 0.2) is 0 Å². The quantitative estimate of drug-likeness (QED) is 0.889. The molecule has 1 aromatic carbocycles. The van der Waals surface area contributed by atoms with Crippen LogP contribution in [0.25, 0.3) is 10.9 Å². The second-order valence-electron chi connectivity index (χ2n) is 6.29. The number of nitrogens with zero attached hydrogens (tertiary/aromatic N) is 2. The zero-order chi connectivity index (χ0) is 14.3. The van der Waals surface area contributed by atoms with Crippen molar-refractivity contribution < 1.29 is 10.2 Å². The van der Waals surface area contributed by atoms with E-state index in [4.69, 9.17) is 0 Å². The normalized spacial score (nSPS) is 13.2. The molecule has 0 spiro atoms. The molecule has 2 aromatic rings. The zero-order valence-corrected chi connectivity index (χ0v) is 12.0. The average molecular weight is 262 g/mol. The Balaban J connectivity index is 2.26. The number of hydrogen-bond donors (Lipinski definition) is 2. The molecular formula is C15H22N2O2. The van der Waals surface area contributed by atoms with E-state index in [1.165, 1.54) is 0 Å². The Morgan fingerprint density at radius 2 is 1.84 bits per heavy atom. The van der Waals surface area contributed by atoms with Crippen molar-refractivity contribution >= 4 is 10.9 Å². The van der Waals surface area contributed by atoms with Crippen LogP contribution >= 0.6 is 0 Å². The second-order valence-corrected chi connectivity index (χ2v) is 6.29. The molecule has 19 heavy (non-hydrogen) atoms. The fraction of sp³-hybridized carbons (Fsp3) is 0.533. The van der Waals surface area contributed by atoms with Gasteiger partial charge in [-0.15, -0.1) is 0 Å². The summed E-state index contributed by atoms with van der Waals surface area (Å²) in [6.07, 6.45) is 2.62. The van der Waals surface area contributed by atoms with E-state index in [9.17, 15) is 10.2 Å². The average Bonchev–Trinajstić information content (AvgIpc) is 2.65. The maximum Gasteiger partial charge on any atom is 0.0927 e. The molecule has 104 valence electrons. The third-order valence-corrected chi connectivity index (χ3v) is 3.21. The third-order valence-electron chi connectivity index (χ3n) is 3.21. The van der Waals surface area contributed by atoms with Crippen molar-refractivity contribution in [1.29, 1.82) is 0 Å². The number of hydrogen-bond acceptors (Lipinski definition) is 3. The van der Waals surface area contributed by atoms with E-state index in [2.05, 4.69) is 5.10 Å². The van der Waals surface area contributed by atoms with Crippen molar-refractivity contribution in [2.45, 2.75) is 51.9 Å². The first-order valence-electron chi connectivity index (χ1n) is 6.58. The standard InChI is InChI=1S/C15H22N2O2/c1-14(2,18)7-8-17-10-11-5-6-12(15(3,4)19)9-13(11)16-17/h5-6,9-10,18-19H,7-8H2,1-4H3. The van der Waals surface area contributed by atoms with Gasteiger partial charge in [0, 0.05) is 18.1 Å². The van der Waals surface area contributed by atoms with Crippen molar-refractivity contribution in [2.75, 3.05) is 0 Å². The summed E-state index contributed by atoms with van der Waals surface area (Å²) < 4.78 is 1.84. The molecule has 0 fully saturated rings. The first-order chi connectivity index (χ1) is 8.65. The molecular weight excluding hydrogens is 240 g/mol. The molecule has 0 saturated heterocycles. The summed E-state index contributed by atoms with van der Waals surface area (Å²) in [5.41, 5.74) is 0.185. The van der Waals surface area contributed by atoms with Crippen LogP contribution in [0.4, 0.5) is 0 Å². The Bertz CT molecular complexity index is 574. The lowest BCUT2D eigenvalue weighted by atomic mass is 9.98. The van der Waals surface area contributed by atoms with Crippen molar-refractivity contribution in [3.05, 3.63) is 30.0 Å². The van der Waals surface area contributed by atoms with Gasteiger partial charge in [-0.25, -0.2) is 0 Å². The van der Waals surface area contributed by atoms with Gasteiger partial charge in [-0.3, -0.25) is 4.68 Å². The molecule has 0 aliphatic rings. The van der Waals surface area contributed by atoms with E-state index in [-0.39, 0.29) is 0 Å². The lowest BCUT2D eigenvalue weighted by molar-refractivity contribution is 0.0651. The molecule has 0 amide bonds. The number of aromatic nitrogens is 2. The molecule has 0 saturated carbocycles. The van der Waals surface area contributed by atoms with Crippen LogP contribution in [0, 0.1) is 0 Å². The summed E-state index contributed by atoms with van der Waals surface area (Å²) in [5, 5.41) is 25.3. The number of fused-ring (bicyclic) bond motifs is 1. The Morgan fingerprint density at radius 1 is 1.16 bits per heavy atom. The summed E-state index contributed by atoms with van der Waals surface area (Å²) >= 11 is 0. The van der Waals surface area contributed by atoms with E-state index in [1.54, 1.807) is 27.7 Å². The Morgan fingerprint density at radius 3 is 2.42 bits per heavy atom. The van der Waals surface area contributed by atoms with Gasteiger partial charge >= 0.3 is 0 Å².